The van der Waals surface area contributed by atoms with Crippen molar-refractivity contribution in [1.29, 1.82) is 0 Å². The van der Waals surface area contributed by atoms with Gasteiger partial charge in [0.2, 0.25) is 0 Å². The standard InChI is InChI=1S/C20H24N2O/c1-15-5-4-6-18(14-15)20(23)22-11-9-21(10-12-22)19-8-7-16(2)13-17(19)3/h4-8,13-14H,9-12H2,1-3H3. The van der Waals surface area contributed by atoms with Crippen molar-refractivity contribution >= 4 is 11.6 Å². The zero-order valence-electron chi connectivity index (χ0n) is 14.2. The van der Waals surface area contributed by atoms with Gasteiger partial charge in [0.15, 0.2) is 0 Å². The highest BCUT2D eigenvalue weighted by Gasteiger charge is 2.22. The van der Waals surface area contributed by atoms with E-state index in [1.807, 2.05) is 36.1 Å². The molecule has 0 N–H and O–H groups in total. The van der Waals surface area contributed by atoms with E-state index >= 15 is 0 Å². The molecule has 0 aromatic heterocycles. The summed E-state index contributed by atoms with van der Waals surface area (Å²) in [5.41, 5.74) is 5.82. The maximum atomic E-state index is 12.6. The maximum absolute atomic E-state index is 12.6. The molecule has 1 aliphatic heterocycles. The van der Waals surface area contributed by atoms with Gasteiger partial charge in [-0.2, -0.15) is 0 Å². The number of rotatable bonds is 2. The minimum atomic E-state index is 0.147. The lowest BCUT2D eigenvalue weighted by Gasteiger charge is -2.37. The van der Waals surface area contributed by atoms with Crippen molar-refractivity contribution < 1.29 is 4.79 Å². The van der Waals surface area contributed by atoms with Crippen LogP contribution >= 0.6 is 0 Å². The van der Waals surface area contributed by atoms with Crippen molar-refractivity contribution in [3.63, 3.8) is 0 Å². The number of carbonyl (C=O) groups excluding carboxylic acids is 1. The van der Waals surface area contributed by atoms with Gasteiger partial charge in [0, 0.05) is 37.4 Å². The number of amides is 1. The van der Waals surface area contributed by atoms with E-state index in [1.54, 1.807) is 0 Å². The number of benzene rings is 2. The number of piperazine rings is 1. The lowest BCUT2D eigenvalue weighted by Crippen LogP contribution is -2.49. The second-order valence-electron chi connectivity index (χ2n) is 6.44. The summed E-state index contributed by atoms with van der Waals surface area (Å²) in [5.74, 6) is 0.147. The first-order chi connectivity index (χ1) is 11.0. The Morgan fingerprint density at radius 2 is 1.57 bits per heavy atom. The van der Waals surface area contributed by atoms with Crippen LogP contribution in [0.25, 0.3) is 0 Å². The maximum Gasteiger partial charge on any atom is 0.253 e. The Balaban J connectivity index is 1.67. The molecule has 0 atom stereocenters. The molecule has 0 unspecified atom stereocenters. The van der Waals surface area contributed by atoms with Crippen molar-refractivity contribution in [3.8, 4) is 0 Å². The third-order valence-corrected chi connectivity index (χ3v) is 4.52. The zero-order chi connectivity index (χ0) is 16.4. The van der Waals surface area contributed by atoms with Crippen LogP contribution in [0.4, 0.5) is 5.69 Å². The molecule has 3 nitrogen and oxygen atoms in total. The van der Waals surface area contributed by atoms with Crippen LogP contribution in [0.1, 0.15) is 27.0 Å². The number of nitrogens with zero attached hydrogens (tertiary/aromatic N) is 2. The lowest BCUT2D eigenvalue weighted by molar-refractivity contribution is 0.0746. The van der Waals surface area contributed by atoms with Gasteiger partial charge in [-0.3, -0.25) is 4.79 Å². The monoisotopic (exact) mass is 308 g/mol. The molecule has 0 aliphatic carbocycles. The summed E-state index contributed by atoms with van der Waals surface area (Å²) in [5, 5.41) is 0. The lowest BCUT2D eigenvalue weighted by atomic mass is 10.1. The minimum Gasteiger partial charge on any atom is -0.368 e. The Morgan fingerprint density at radius 1 is 0.870 bits per heavy atom. The predicted octanol–water partition coefficient (Wildman–Crippen LogP) is 3.57. The molecule has 0 saturated carbocycles. The Bertz CT molecular complexity index is 715. The van der Waals surface area contributed by atoms with Crippen LogP contribution in [0, 0.1) is 20.8 Å². The van der Waals surface area contributed by atoms with Crippen molar-refractivity contribution in [3.05, 3.63) is 64.7 Å². The molecule has 1 amide bonds. The Hall–Kier alpha value is -2.29. The predicted molar refractivity (Wildman–Crippen MR) is 95.2 cm³/mol. The summed E-state index contributed by atoms with van der Waals surface area (Å²) >= 11 is 0. The first-order valence-electron chi connectivity index (χ1n) is 8.23. The van der Waals surface area contributed by atoms with Crippen LogP contribution in [-0.2, 0) is 0 Å². The van der Waals surface area contributed by atoms with Crippen LogP contribution in [0.15, 0.2) is 42.5 Å². The van der Waals surface area contributed by atoms with Gasteiger partial charge in [-0.15, -0.1) is 0 Å². The van der Waals surface area contributed by atoms with Gasteiger partial charge >= 0.3 is 0 Å². The fraction of sp³-hybridized carbons (Fsp3) is 0.350. The molecule has 1 saturated heterocycles. The normalized spacial score (nSPS) is 14.9. The number of hydrogen-bond acceptors (Lipinski definition) is 2. The van der Waals surface area contributed by atoms with E-state index in [9.17, 15) is 4.79 Å². The topological polar surface area (TPSA) is 23.6 Å². The highest BCUT2D eigenvalue weighted by atomic mass is 16.2. The van der Waals surface area contributed by atoms with E-state index in [-0.39, 0.29) is 5.91 Å². The molecule has 0 spiro atoms. The molecule has 1 heterocycles. The van der Waals surface area contributed by atoms with Gasteiger partial charge in [-0.05, 0) is 44.5 Å². The molecule has 0 bridgehead atoms. The van der Waals surface area contributed by atoms with Crippen LogP contribution in [0.3, 0.4) is 0 Å². The highest BCUT2D eigenvalue weighted by molar-refractivity contribution is 5.94. The van der Waals surface area contributed by atoms with E-state index in [4.69, 9.17) is 0 Å². The number of carbonyl (C=O) groups is 1. The van der Waals surface area contributed by atoms with Crippen LogP contribution < -0.4 is 4.90 Å². The van der Waals surface area contributed by atoms with Gasteiger partial charge in [0.25, 0.3) is 5.91 Å². The van der Waals surface area contributed by atoms with Crippen LogP contribution in [0.2, 0.25) is 0 Å². The summed E-state index contributed by atoms with van der Waals surface area (Å²) in [6.45, 7) is 9.64. The summed E-state index contributed by atoms with van der Waals surface area (Å²) in [6.07, 6.45) is 0. The SMILES string of the molecule is Cc1cccc(C(=O)N2CCN(c3ccc(C)cc3C)CC2)c1. The molecule has 23 heavy (non-hydrogen) atoms. The van der Waals surface area contributed by atoms with Crippen LogP contribution in [-0.4, -0.2) is 37.0 Å². The smallest absolute Gasteiger partial charge is 0.253 e. The molecule has 1 fully saturated rings. The van der Waals surface area contributed by atoms with Crippen molar-refractivity contribution in [2.75, 3.05) is 31.1 Å². The molecule has 2 aromatic carbocycles. The minimum absolute atomic E-state index is 0.147. The van der Waals surface area contributed by atoms with Gasteiger partial charge in [-0.25, -0.2) is 0 Å². The van der Waals surface area contributed by atoms with Gasteiger partial charge in [0.1, 0.15) is 0 Å². The summed E-state index contributed by atoms with van der Waals surface area (Å²) in [4.78, 5) is 17.0. The fourth-order valence-corrected chi connectivity index (χ4v) is 3.27. The number of anilines is 1. The molecular weight excluding hydrogens is 284 g/mol. The second kappa shape index (κ2) is 6.45. The Labute approximate surface area is 138 Å². The summed E-state index contributed by atoms with van der Waals surface area (Å²) in [6, 6.07) is 14.4. The zero-order valence-corrected chi connectivity index (χ0v) is 14.2. The van der Waals surface area contributed by atoms with E-state index < -0.39 is 0 Å². The second-order valence-corrected chi connectivity index (χ2v) is 6.44. The highest BCUT2D eigenvalue weighted by Crippen LogP contribution is 2.23. The number of hydrogen-bond donors (Lipinski definition) is 0. The molecule has 0 radical (unpaired) electrons. The average molecular weight is 308 g/mol. The quantitative estimate of drug-likeness (QED) is 0.846. The van der Waals surface area contributed by atoms with Crippen LogP contribution in [0.5, 0.6) is 0 Å². The average Bonchev–Trinajstić information content (AvgIpc) is 2.54. The fourth-order valence-electron chi connectivity index (χ4n) is 3.27. The first-order valence-corrected chi connectivity index (χ1v) is 8.23. The van der Waals surface area contributed by atoms with E-state index in [0.717, 1.165) is 37.3 Å². The van der Waals surface area contributed by atoms with Gasteiger partial charge in [-0.1, -0.05) is 35.4 Å². The number of aryl methyl sites for hydroxylation is 3. The van der Waals surface area contributed by atoms with Gasteiger partial charge in [0.05, 0.1) is 0 Å². The Morgan fingerprint density at radius 3 is 2.22 bits per heavy atom. The molecular formula is C20H24N2O. The molecule has 120 valence electrons. The molecule has 3 heteroatoms. The van der Waals surface area contributed by atoms with Crippen molar-refractivity contribution in [2.24, 2.45) is 0 Å². The van der Waals surface area contributed by atoms with Gasteiger partial charge < -0.3 is 9.80 Å². The summed E-state index contributed by atoms with van der Waals surface area (Å²) in [7, 11) is 0. The van der Waals surface area contributed by atoms with E-state index in [0.29, 0.717) is 0 Å². The third kappa shape index (κ3) is 3.39. The Kier molecular flexibility index (Phi) is 4.37. The molecule has 2 aromatic rings. The molecule has 3 rings (SSSR count). The van der Waals surface area contributed by atoms with E-state index in [2.05, 4.69) is 36.9 Å². The molecule has 1 aliphatic rings. The van der Waals surface area contributed by atoms with E-state index in [1.165, 1.54) is 16.8 Å². The van der Waals surface area contributed by atoms with Crippen molar-refractivity contribution in [2.45, 2.75) is 20.8 Å². The third-order valence-electron chi connectivity index (χ3n) is 4.52. The van der Waals surface area contributed by atoms with Crippen molar-refractivity contribution in [1.82, 2.24) is 4.90 Å². The summed E-state index contributed by atoms with van der Waals surface area (Å²) < 4.78 is 0. The largest absolute Gasteiger partial charge is 0.368 e. The first kappa shape index (κ1) is 15.6.